The molecule has 2 N–H and O–H groups in total. The van der Waals surface area contributed by atoms with Gasteiger partial charge in [-0.05, 0) is 86.6 Å². The van der Waals surface area contributed by atoms with Crippen molar-refractivity contribution in [1.29, 1.82) is 0 Å². The van der Waals surface area contributed by atoms with E-state index in [1.54, 1.807) is 19.1 Å². The van der Waals surface area contributed by atoms with Crippen molar-refractivity contribution in [2.75, 3.05) is 17.2 Å². The Labute approximate surface area is 250 Å². The number of anilines is 2. The van der Waals surface area contributed by atoms with E-state index in [2.05, 4.69) is 18.5 Å². The second-order valence-corrected chi connectivity index (χ2v) is 12.2. The number of halogens is 4. The molecule has 3 aromatic carbocycles. The standard InChI is InChI=1S/C33H36BF4N3O2/c1-20-10-13-24(19-26(20)33(36,37)38)39-30(42)25-8-6-18-41(31(43)28-21(2)7-5-9-27(28)35)29(25)22-11-14-23(15-12-22)40-32(34)16-3-4-17-32/h5,7,9-15,19,25,29,40H,3-4,6,8,16-18,34H2,1-2H3,(H,39,42)/t25-,29-/m0/s1. The molecule has 0 unspecified atom stereocenters. The molecule has 1 saturated carbocycles. The van der Waals surface area contributed by atoms with Crippen LogP contribution in [0.5, 0.6) is 0 Å². The van der Waals surface area contributed by atoms with Crippen LogP contribution in [-0.2, 0) is 11.0 Å². The largest absolute Gasteiger partial charge is 0.416 e. The van der Waals surface area contributed by atoms with Crippen molar-refractivity contribution in [3.05, 3.63) is 94.3 Å². The second-order valence-electron chi connectivity index (χ2n) is 12.2. The fraction of sp³-hybridized carbons (Fsp3) is 0.394. The predicted molar refractivity (Wildman–Crippen MR) is 162 cm³/mol. The SMILES string of the molecule is BC1(Nc2ccc([C@H]3[C@@H](C(=O)Nc4ccc(C)c(C(F)(F)F)c4)CCCN3C(=O)c3c(C)cccc3F)cc2)CCCC1. The predicted octanol–water partition coefficient (Wildman–Crippen LogP) is 7.01. The fourth-order valence-electron chi connectivity index (χ4n) is 6.59. The zero-order valence-corrected chi connectivity index (χ0v) is 24.7. The summed E-state index contributed by atoms with van der Waals surface area (Å²) in [4.78, 5) is 29.2. The van der Waals surface area contributed by atoms with E-state index >= 15 is 0 Å². The number of nitrogens with one attached hydrogen (secondary N) is 2. The number of rotatable bonds is 6. The maximum Gasteiger partial charge on any atom is 0.416 e. The van der Waals surface area contributed by atoms with Gasteiger partial charge >= 0.3 is 6.18 Å². The van der Waals surface area contributed by atoms with Gasteiger partial charge in [0.2, 0.25) is 5.91 Å². The summed E-state index contributed by atoms with van der Waals surface area (Å²) in [5.41, 5.74) is 1.32. The summed E-state index contributed by atoms with van der Waals surface area (Å²) in [7, 11) is 2.20. The number of benzene rings is 3. The van der Waals surface area contributed by atoms with E-state index in [-0.39, 0.29) is 22.3 Å². The zero-order chi connectivity index (χ0) is 30.9. The number of hydrogen-bond donors (Lipinski definition) is 2. The average molecular weight is 593 g/mol. The molecule has 1 aliphatic heterocycles. The molecule has 10 heteroatoms. The summed E-state index contributed by atoms with van der Waals surface area (Å²) >= 11 is 0. The van der Waals surface area contributed by atoms with Gasteiger partial charge in [-0.25, -0.2) is 4.39 Å². The molecule has 2 aliphatic rings. The molecule has 2 amide bonds. The molecule has 226 valence electrons. The molecule has 2 fully saturated rings. The number of carbonyl (C=O) groups excluding carboxylic acids is 2. The van der Waals surface area contributed by atoms with Crippen LogP contribution in [0.25, 0.3) is 0 Å². The summed E-state index contributed by atoms with van der Waals surface area (Å²) < 4.78 is 55.6. The van der Waals surface area contributed by atoms with Crippen LogP contribution in [0.15, 0.2) is 60.7 Å². The minimum Gasteiger partial charge on any atom is -0.387 e. The van der Waals surface area contributed by atoms with Crippen LogP contribution < -0.4 is 10.6 Å². The topological polar surface area (TPSA) is 61.4 Å². The van der Waals surface area contributed by atoms with E-state index in [0.717, 1.165) is 24.6 Å². The highest BCUT2D eigenvalue weighted by Gasteiger charge is 2.41. The summed E-state index contributed by atoms with van der Waals surface area (Å²) in [5, 5.41) is 6.28. The summed E-state index contributed by atoms with van der Waals surface area (Å²) in [6, 6.07) is 15.0. The maximum absolute atomic E-state index is 15.0. The van der Waals surface area contributed by atoms with Gasteiger partial charge in [0, 0.05) is 23.4 Å². The van der Waals surface area contributed by atoms with E-state index in [1.165, 1.54) is 42.9 Å². The van der Waals surface area contributed by atoms with E-state index in [0.29, 0.717) is 30.5 Å². The quantitative estimate of drug-likeness (QED) is 0.239. The van der Waals surface area contributed by atoms with Crippen molar-refractivity contribution >= 4 is 31.0 Å². The second kappa shape index (κ2) is 12.1. The molecule has 5 rings (SSSR count). The first kappa shape index (κ1) is 30.6. The molecule has 0 aromatic heterocycles. The van der Waals surface area contributed by atoms with Crippen LogP contribution in [0.4, 0.5) is 28.9 Å². The van der Waals surface area contributed by atoms with E-state index in [1.807, 2.05) is 24.3 Å². The summed E-state index contributed by atoms with van der Waals surface area (Å²) in [5.74, 6) is -2.43. The van der Waals surface area contributed by atoms with Crippen LogP contribution >= 0.6 is 0 Å². The van der Waals surface area contributed by atoms with Crippen molar-refractivity contribution in [3.63, 3.8) is 0 Å². The number of likely N-dealkylation sites (tertiary alicyclic amines) is 1. The minimum absolute atomic E-state index is 0.00243. The molecule has 0 bridgehead atoms. The third-order valence-electron chi connectivity index (χ3n) is 8.88. The van der Waals surface area contributed by atoms with Gasteiger partial charge < -0.3 is 15.5 Å². The van der Waals surface area contributed by atoms with E-state index in [9.17, 15) is 27.2 Å². The first-order valence-electron chi connectivity index (χ1n) is 14.8. The molecule has 1 saturated heterocycles. The molecule has 0 spiro atoms. The Hall–Kier alpha value is -3.82. The number of alkyl halides is 3. The third-order valence-corrected chi connectivity index (χ3v) is 8.88. The number of hydrogen-bond acceptors (Lipinski definition) is 3. The van der Waals surface area contributed by atoms with Crippen LogP contribution in [0, 0.1) is 25.6 Å². The molecule has 1 aliphatic carbocycles. The fourth-order valence-corrected chi connectivity index (χ4v) is 6.59. The number of amides is 2. The van der Waals surface area contributed by atoms with Crippen molar-refractivity contribution in [3.8, 4) is 0 Å². The number of piperidine rings is 1. The first-order valence-corrected chi connectivity index (χ1v) is 14.8. The van der Waals surface area contributed by atoms with Gasteiger partial charge in [0.25, 0.3) is 5.91 Å². The lowest BCUT2D eigenvalue weighted by molar-refractivity contribution is -0.138. The van der Waals surface area contributed by atoms with Crippen molar-refractivity contribution in [2.45, 2.75) is 70.0 Å². The Bertz CT molecular complexity index is 1480. The van der Waals surface area contributed by atoms with Crippen molar-refractivity contribution in [2.24, 2.45) is 5.92 Å². The Morgan fingerprint density at radius 2 is 1.60 bits per heavy atom. The first-order chi connectivity index (χ1) is 20.4. The normalized spacial score (nSPS) is 20.1. The lowest BCUT2D eigenvalue weighted by atomic mass is 9.76. The lowest BCUT2D eigenvalue weighted by Gasteiger charge is -2.41. The zero-order valence-electron chi connectivity index (χ0n) is 24.7. The average Bonchev–Trinajstić information content (AvgIpc) is 3.39. The maximum atomic E-state index is 15.0. The molecule has 3 aromatic rings. The number of nitrogens with zero attached hydrogens (tertiary/aromatic N) is 1. The van der Waals surface area contributed by atoms with Gasteiger partial charge in [-0.1, -0.05) is 43.2 Å². The molecular formula is C33H36BF4N3O2. The van der Waals surface area contributed by atoms with Gasteiger partial charge in [-0.3, -0.25) is 9.59 Å². The van der Waals surface area contributed by atoms with Crippen LogP contribution in [0.2, 0.25) is 0 Å². The molecule has 1 heterocycles. The summed E-state index contributed by atoms with van der Waals surface area (Å²) in [6.45, 7) is 3.34. The summed E-state index contributed by atoms with van der Waals surface area (Å²) in [6.07, 6.45) is 0.791. The Balaban J connectivity index is 1.49. The van der Waals surface area contributed by atoms with E-state index in [4.69, 9.17) is 0 Å². The number of carbonyl (C=O) groups is 2. The third kappa shape index (κ3) is 6.58. The Kier molecular flexibility index (Phi) is 8.59. The molecular weight excluding hydrogens is 557 g/mol. The Morgan fingerprint density at radius 3 is 2.26 bits per heavy atom. The lowest BCUT2D eigenvalue weighted by Crippen LogP contribution is -2.46. The minimum atomic E-state index is -4.57. The highest BCUT2D eigenvalue weighted by atomic mass is 19.4. The van der Waals surface area contributed by atoms with Gasteiger partial charge in [-0.15, -0.1) is 0 Å². The highest BCUT2D eigenvalue weighted by molar-refractivity contribution is 6.17. The smallest absolute Gasteiger partial charge is 0.387 e. The van der Waals surface area contributed by atoms with Crippen molar-refractivity contribution in [1.82, 2.24) is 4.90 Å². The van der Waals surface area contributed by atoms with Crippen LogP contribution in [-0.4, -0.2) is 36.5 Å². The Morgan fingerprint density at radius 1 is 0.930 bits per heavy atom. The highest BCUT2D eigenvalue weighted by Crippen LogP contribution is 2.40. The van der Waals surface area contributed by atoms with Gasteiger partial charge in [-0.2, -0.15) is 13.2 Å². The van der Waals surface area contributed by atoms with E-state index < -0.39 is 41.3 Å². The van der Waals surface area contributed by atoms with Gasteiger partial charge in [0.05, 0.1) is 23.1 Å². The van der Waals surface area contributed by atoms with Gasteiger partial charge in [0.15, 0.2) is 0 Å². The molecule has 0 radical (unpaired) electrons. The van der Waals surface area contributed by atoms with Crippen molar-refractivity contribution < 1.29 is 27.2 Å². The molecule has 5 nitrogen and oxygen atoms in total. The van der Waals surface area contributed by atoms with Gasteiger partial charge in [0.1, 0.15) is 13.7 Å². The molecule has 2 atom stereocenters. The monoisotopic (exact) mass is 593 g/mol. The van der Waals surface area contributed by atoms with Crippen LogP contribution in [0.1, 0.15) is 77.2 Å². The number of aryl methyl sites for hydroxylation is 2. The molecule has 43 heavy (non-hydrogen) atoms. The van der Waals surface area contributed by atoms with Crippen LogP contribution in [0.3, 0.4) is 0 Å².